The zero-order valence-electron chi connectivity index (χ0n) is 11.7. The van der Waals surface area contributed by atoms with Gasteiger partial charge in [-0.1, -0.05) is 13.0 Å². The SMILES string of the molecule is CCC(=O)Nc1cccc(C(=O)NC(C)(C)C(=O)O)c1. The van der Waals surface area contributed by atoms with Gasteiger partial charge in [0, 0.05) is 17.7 Å². The molecule has 1 aromatic carbocycles. The number of hydrogen-bond acceptors (Lipinski definition) is 3. The molecule has 0 aliphatic rings. The minimum atomic E-state index is -1.36. The van der Waals surface area contributed by atoms with Gasteiger partial charge in [-0.3, -0.25) is 9.59 Å². The lowest BCUT2D eigenvalue weighted by molar-refractivity contribution is -0.143. The lowest BCUT2D eigenvalue weighted by atomic mass is 10.1. The van der Waals surface area contributed by atoms with Crippen LogP contribution in [0, 0.1) is 0 Å². The van der Waals surface area contributed by atoms with E-state index < -0.39 is 17.4 Å². The quantitative estimate of drug-likeness (QED) is 0.762. The third kappa shape index (κ3) is 4.08. The third-order valence-corrected chi connectivity index (χ3v) is 2.69. The Balaban J connectivity index is 2.87. The number of carboxylic acid groups (broad SMARTS) is 1. The molecule has 6 heteroatoms. The molecule has 0 unspecified atom stereocenters. The van der Waals surface area contributed by atoms with Crippen molar-refractivity contribution in [2.24, 2.45) is 0 Å². The van der Waals surface area contributed by atoms with Gasteiger partial charge in [0.2, 0.25) is 5.91 Å². The number of anilines is 1. The van der Waals surface area contributed by atoms with E-state index in [9.17, 15) is 14.4 Å². The first-order chi connectivity index (χ1) is 9.26. The molecule has 108 valence electrons. The van der Waals surface area contributed by atoms with Crippen molar-refractivity contribution in [3.63, 3.8) is 0 Å². The van der Waals surface area contributed by atoms with Gasteiger partial charge in [0.1, 0.15) is 5.54 Å². The zero-order chi connectivity index (χ0) is 15.3. The van der Waals surface area contributed by atoms with Gasteiger partial charge in [0.15, 0.2) is 0 Å². The van der Waals surface area contributed by atoms with Crippen LogP contribution in [0.2, 0.25) is 0 Å². The van der Waals surface area contributed by atoms with Gasteiger partial charge in [0.25, 0.3) is 5.91 Å². The molecule has 0 radical (unpaired) electrons. The molecule has 0 heterocycles. The maximum absolute atomic E-state index is 12.0. The molecule has 0 saturated carbocycles. The highest BCUT2D eigenvalue weighted by atomic mass is 16.4. The Morgan fingerprint density at radius 1 is 1.25 bits per heavy atom. The summed E-state index contributed by atoms with van der Waals surface area (Å²) in [5, 5.41) is 14.0. The van der Waals surface area contributed by atoms with E-state index in [0.29, 0.717) is 12.1 Å². The topological polar surface area (TPSA) is 95.5 Å². The van der Waals surface area contributed by atoms with Gasteiger partial charge in [0.05, 0.1) is 0 Å². The van der Waals surface area contributed by atoms with Crippen LogP contribution in [0.4, 0.5) is 5.69 Å². The summed E-state index contributed by atoms with van der Waals surface area (Å²) >= 11 is 0. The molecular weight excluding hydrogens is 260 g/mol. The highest BCUT2D eigenvalue weighted by molar-refractivity contribution is 5.99. The van der Waals surface area contributed by atoms with Crippen molar-refractivity contribution in [3.05, 3.63) is 29.8 Å². The standard InChI is InChI=1S/C14H18N2O4/c1-4-11(17)15-10-7-5-6-9(8-10)12(18)16-14(2,3)13(19)20/h5-8H,4H2,1-3H3,(H,15,17)(H,16,18)(H,19,20). The van der Waals surface area contributed by atoms with Crippen molar-refractivity contribution in [2.75, 3.05) is 5.32 Å². The van der Waals surface area contributed by atoms with Gasteiger partial charge < -0.3 is 15.7 Å². The molecule has 0 atom stereocenters. The summed E-state index contributed by atoms with van der Waals surface area (Å²) in [6.45, 7) is 4.52. The van der Waals surface area contributed by atoms with Crippen LogP contribution in [0.15, 0.2) is 24.3 Å². The second-order valence-corrected chi connectivity index (χ2v) is 4.87. The van der Waals surface area contributed by atoms with Gasteiger partial charge in [-0.25, -0.2) is 4.79 Å². The first-order valence-corrected chi connectivity index (χ1v) is 6.22. The van der Waals surface area contributed by atoms with Crippen LogP contribution < -0.4 is 10.6 Å². The van der Waals surface area contributed by atoms with Crippen LogP contribution in [-0.2, 0) is 9.59 Å². The summed E-state index contributed by atoms with van der Waals surface area (Å²) in [7, 11) is 0. The molecule has 0 spiro atoms. The normalized spacial score (nSPS) is 10.8. The molecule has 6 nitrogen and oxygen atoms in total. The van der Waals surface area contributed by atoms with Crippen LogP contribution >= 0.6 is 0 Å². The van der Waals surface area contributed by atoms with Crippen molar-refractivity contribution in [3.8, 4) is 0 Å². The van der Waals surface area contributed by atoms with Crippen LogP contribution in [0.25, 0.3) is 0 Å². The highest BCUT2D eigenvalue weighted by Crippen LogP contribution is 2.12. The van der Waals surface area contributed by atoms with E-state index in [-0.39, 0.29) is 11.5 Å². The van der Waals surface area contributed by atoms with E-state index in [0.717, 1.165) is 0 Å². The number of hydrogen-bond donors (Lipinski definition) is 3. The van der Waals surface area contributed by atoms with Crippen LogP contribution in [0.1, 0.15) is 37.6 Å². The summed E-state index contributed by atoms with van der Waals surface area (Å²) in [5.41, 5.74) is -0.578. The van der Waals surface area contributed by atoms with Gasteiger partial charge in [-0.05, 0) is 32.0 Å². The van der Waals surface area contributed by atoms with Gasteiger partial charge >= 0.3 is 5.97 Å². The van der Waals surface area contributed by atoms with Crippen LogP contribution in [-0.4, -0.2) is 28.4 Å². The number of carbonyl (C=O) groups is 3. The van der Waals surface area contributed by atoms with Crippen LogP contribution in [0.3, 0.4) is 0 Å². The molecule has 3 N–H and O–H groups in total. The fourth-order valence-corrected chi connectivity index (χ4v) is 1.40. The number of nitrogens with one attached hydrogen (secondary N) is 2. The fraction of sp³-hybridized carbons (Fsp3) is 0.357. The first-order valence-electron chi connectivity index (χ1n) is 6.22. The van der Waals surface area contributed by atoms with Crippen molar-refractivity contribution in [1.29, 1.82) is 0 Å². The molecule has 0 fully saturated rings. The Morgan fingerprint density at radius 2 is 1.90 bits per heavy atom. The summed E-state index contributed by atoms with van der Waals surface area (Å²) in [5.74, 6) is -1.79. The summed E-state index contributed by atoms with van der Waals surface area (Å²) in [6, 6.07) is 6.33. The molecular formula is C14H18N2O4. The number of carboxylic acids is 1. The second-order valence-electron chi connectivity index (χ2n) is 4.87. The highest BCUT2D eigenvalue weighted by Gasteiger charge is 2.29. The summed E-state index contributed by atoms with van der Waals surface area (Å²) in [6.07, 6.45) is 0.336. The van der Waals surface area contributed by atoms with E-state index in [2.05, 4.69) is 10.6 Å². The molecule has 0 aliphatic heterocycles. The first kappa shape index (κ1) is 15.7. The van der Waals surface area contributed by atoms with E-state index in [1.807, 2.05) is 0 Å². The molecule has 1 aromatic rings. The number of rotatable bonds is 5. The Bertz CT molecular complexity index is 538. The zero-order valence-corrected chi connectivity index (χ0v) is 11.7. The Morgan fingerprint density at radius 3 is 2.45 bits per heavy atom. The molecule has 20 heavy (non-hydrogen) atoms. The molecule has 0 aliphatic carbocycles. The molecule has 0 saturated heterocycles. The molecule has 0 bridgehead atoms. The van der Waals surface area contributed by atoms with Gasteiger partial charge in [-0.15, -0.1) is 0 Å². The predicted octanol–water partition coefficient (Wildman–Crippen LogP) is 1.63. The molecule has 0 aromatic heterocycles. The Hall–Kier alpha value is -2.37. The molecule has 2 amide bonds. The minimum Gasteiger partial charge on any atom is -0.480 e. The lowest BCUT2D eigenvalue weighted by Gasteiger charge is -2.21. The predicted molar refractivity (Wildman–Crippen MR) is 74.5 cm³/mol. The lowest BCUT2D eigenvalue weighted by Crippen LogP contribution is -2.49. The molecule has 1 rings (SSSR count). The third-order valence-electron chi connectivity index (χ3n) is 2.69. The average Bonchev–Trinajstić information content (AvgIpc) is 2.38. The van der Waals surface area contributed by atoms with Crippen LogP contribution in [0.5, 0.6) is 0 Å². The van der Waals surface area contributed by atoms with Gasteiger partial charge in [-0.2, -0.15) is 0 Å². The van der Waals surface area contributed by atoms with Crippen molar-refractivity contribution in [1.82, 2.24) is 5.32 Å². The summed E-state index contributed by atoms with van der Waals surface area (Å²) in [4.78, 5) is 34.2. The number of amides is 2. The smallest absolute Gasteiger partial charge is 0.328 e. The maximum atomic E-state index is 12.0. The second kappa shape index (κ2) is 6.18. The fourth-order valence-electron chi connectivity index (χ4n) is 1.40. The Kier molecular flexibility index (Phi) is 4.85. The van der Waals surface area contributed by atoms with Crippen molar-refractivity contribution in [2.45, 2.75) is 32.7 Å². The minimum absolute atomic E-state index is 0.159. The van der Waals surface area contributed by atoms with E-state index in [1.165, 1.54) is 19.9 Å². The average molecular weight is 278 g/mol. The number of aliphatic carboxylic acids is 1. The summed E-state index contributed by atoms with van der Waals surface area (Å²) < 4.78 is 0. The Labute approximate surface area is 117 Å². The van der Waals surface area contributed by atoms with E-state index in [1.54, 1.807) is 25.1 Å². The van der Waals surface area contributed by atoms with Crippen molar-refractivity contribution >= 4 is 23.5 Å². The van der Waals surface area contributed by atoms with E-state index >= 15 is 0 Å². The monoisotopic (exact) mass is 278 g/mol. The largest absolute Gasteiger partial charge is 0.480 e. The van der Waals surface area contributed by atoms with E-state index in [4.69, 9.17) is 5.11 Å². The number of carbonyl (C=O) groups excluding carboxylic acids is 2. The number of benzene rings is 1. The maximum Gasteiger partial charge on any atom is 0.328 e. The van der Waals surface area contributed by atoms with Crippen molar-refractivity contribution < 1.29 is 19.5 Å².